The molecule has 0 aliphatic heterocycles. The van der Waals surface area contributed by atoms with Crippen LogP contribution in [0.4, 0.5) is 13.2 Å². The predicted octanol–water partition coefficient (Wildman–Crippen LogP) is 2.34. The number of hydrogen-bond acceptors (Lipinski definition) is 2. The van der Waals surface area contributed by atoms with Crippen molar-refractivity contribution < 1.29 is 23.1 Å². The Hall–Kier alpha value is -1.08. The molecule has 0 aliphatic rings. The van der Waals surface area contributed by atoms with Crippen LogP contribution in [0.25, 0.3) is 0 Å². The zero-order chi connectivity index (χ0) is 12.5. The Balaban J connectivity index is 3.26. The minimum absolute atomic E-state index is 0.303. The minimum atomic E-state index is -1.46. The molecule has 88 valence electrons. The van der Waals surface area contributed by atoms with Gasteiger partial charge in [0.2, 0.25) is 0 Å². The number of benzene rings is 1. The number of carboxylic acid groups (broad SMARTS) is 1. The Morgan fingerprint density at radius 2 is 2.00 bits per heavy atom. The second-order valence-electron chi connectivity index (χ2n) is 3.09. The van der Waals surface area contributed by atoms with Crippen molar-refractivity contribution in [2.45, 2.75) is 12.5 Å². The van der Waals surface area contributed by atoms with Crippen molar-refractivity contribution in [3.05, 3.63) is 33.6 Å². The van der Waals surface area contributed by atoms with Crippen molar-refractivity contribution in [1.82, 2.24) is 0 Å². The van der Waals surface area contributed by atoms with Crippen molar-refractivity contribution in [3.8, 4) is 0 Å². The van der Waals surface area contributed by atoms with Gasteiger partial charge in [-0.05, 0) is 22.0 Å². The first-order chi connectivity index (χ1) is 7.34. The smallest absolute Gasteiger partial charge is 0.305 e. The molecule has 0 spiro atoms. The Kier molecular flexibility index (Phi) is 3.93. The van der Waals surface area contributed by atoms with E-state index in [-0.39, 0.29) is 4.47 Å². The number of carbonyl (C=O) groups is 1. The third kappa shape index (κ3) is 2.53. The van der Waals surface area contributed by atoms with Crippen LogP contribution < -0.4 is 5.73 Å². The lowest BCUT2D eigenvalue weighted by atomic mass is 10.0. The van der Waals surface area contributed by atoms with E-state index in [1.54, 1.807) is 0 Å². The molecule has 1 atom stereocenters. The second kappa shape index (κ2) is 4.84. The highest BCUT2D eigenvalue weighted by Crippen LogP contribution is 2.29. The highest BCUT2D eigenvalue weighted by atomic mass is 79.9. The maximum absolute atomic E-state index is 13.4. The molecular formula is C9H7BrF3NO2. The Bertz CT molecular complexity index is 413. The van der Waals surface area contributed by atoms with E-state index in [0.29, 0.717) is 6.07 Å². The summed E-state index contributed by atoms with van der Waals surface area (Å²) in [6.07, 6.45) is -0.691. The van der Waals surface area contributed by atoms with Crippen LogP contribution in [0, 0.1) is 17.5 Å². The van der Waals surface area contributed by atoms with Crippen LogP contribution in [0.2, 0.25) is 0 Å². The van der Waals surface area contributed by atoms with E-state index < -0.39 is 41.4 Å². The fraction of sp³-hybridized carbons (Fsp3) is 0.222. The molecule has 7 heteroatoms. The number of aliphatic carboxylic acids is 1. The molecule has 3 nitrogen and oxygen atoms in total. The number of rotatable bonds is 3. The first kappa shape index (κ1) is 13.0. The van der Waals surface area contributed by atoms with E-state index in [0.717, 1.165) is 0 Å². The molecule has 0 saturated heterocycles. The van der Waals surface area contributed by atoms with Crippen molar-refractivity contribution >= 4 is 21.9 Å². The topological polar surface area (TPSA) is 63.3 Å². The van der Waals surface area contributed by atoms with E-state index in [2.05, 4.69) is 15.9 Å². The average molecular weight is 298 g/mol. The lowest BCUT2D eigenvalue weighted by Crippen LogP contribution is -2.19. The molecule has 0 aliphatic carbocycles. The third-order valence-electron chi connectivity index (χ3n) is 1.91. The fourth-order valence-corrected chi connectivity index (χ4v) is 1.62. The lowest BCUT2D eigenvalue weighted by molar-refractivity contribution is -0.137. The molecule has 0 aromatic heterocycles. The molecule has 0 amide bonds. The molecule has 1 rings (SSSR count). The van der Waals surface area contributed by atoms with Crippen LogP contribution in [0.3, 0.4) is 0 Å². The number of hydrogen-bond donors (Lipinski definition) is 2. The van der Waals surface area contributed by atoms with Gasteiger partial charge >= 0.3 is 5.97 Å². The quantitative estimate of drug-likeness (QED) is 0.842. The summed E-state index contributed by atoms with van der Waals surface area (Å²) < 4.78 is 39.3. The van der Waals surface area contributed by atoms with Crippen LogP contribution in [-0.4, -0.2) is 11.1 Å². The van der Waals surface area contributed by atoms with E-state index in [1.165, 1.54) is 0 Å². The van der Waals surface area contributed by atoms with Crippen LogP contribution in [0.5, 0.6) is 0 Å². The van der Waals surface area contributed by atoms with Crippen LogP contribution >= 0.6 is 15.9 Å². The molecule has 1 aromatic rings. The summed E-state index contributed by atoms with van der Waals surface area (Å²) in [5, 5.41) is 8.44. The zero-order valence-electron chi connectivity index (χ0n) is 7.81. The van der Waals surface area contributed by atoms with Gasteiger partial charge < -0.3 is 10.8 Å². The van der Waals surface area contributed by atoms with Gasteiger partial charge in [-0.15, -0.1) is 0 Å². The maximum atomic E-state index is 13.4. The SMILES string of the molecule is NC(CC(=O)O)c1c(F)c(F)cc(Br)c1F. The van der Waals surface area contributed by atoms with Gasteiger partial charge in [0.15, 0.2) is 11.6 Å². The molecule has 3 N–H and O–H groups in total. The first-order valence-corrected chi connectivity index (χ1v) is 4.94. The summed E-state index contributed by atoms with van der Waals surface area (Å²) in [5.74, 6) is -5.17. The van der Waals surface area contributed by atoms with Gasteiger partial charge in [0.25, 0.3) is 0 Å². The summed E-state index contributed by atoms with van der Waals surface area (Å²) in [7, 11) is 0. The van der Waals surface area contributed by atoms with E-state index in [4.69, 9.17) is 10.8 Å². The van der Waals surface area contributed by atoms with E-state index in [1.807, 2.05) is 0 Å². The highest BCUT2D eigenvalue weighted by molar-refractivity contribution is 9.10. The Morgan fingerprint density at radius 1 is 1.44 bits per heavy atom. The molecule has 0 bridgehead atoms. The number of halogens is 4. The van der Waals surface area contributed by atoms with Crippen molar-refractivity contribution in [1.29, 1.82) is 0 Å². The molecule has 1 aromatic carbocycles. The van der Waals surface area contributed by atoms with E-state index in [9.17, 15) is 18.0 Å². The largest absolute Gasteiger partial charge is 0.481 e. The third-order valence-corrected chi connectivity index (χ3v) is 2.49. The van der Waals surface area contributed by atoms with Crippen LogP contribution in [0.1, 0.15) is 18.0 Å². The molecule has 1 unspecified atom stereocenters. The maximum Gasteiger partial charge on any atom is 0.305 e. The molecule has 0 saturated carbocycles. The second-order valence-corrected chi connectivity index (χ2v) is 3.94. The number of nitrogens with two attached hydrogens (primary N) is 1. The van der Waals surface area contributed by atoms with E-state index >= 15 is 0 Å². The minimum Gasteiger partial charge on any atom is -0.481 e. The molecular weight excluding hydrogens is 291 g/mol. The highest BCUT2D eigenvalue weighted by Gasteiger charge is 2.24. The van der Waals surface area contributed by atoms with Gasteiger partial charge in [0.05, 0.1) is 10.9 Å². The van der Waals surface area contributed by atoms with Gasteiger partial charge in [-0.2, -0.15) is 0 Å². The lowest BCUT2D eigenvalue weighted by Gasteiger charge is -2.13. The summed E-state index contributed by atoms with van der Waals surface area (Å²) in [6.45, 7) is 0. The van der Waals surface area contributed by atoms with Crippen molar-refractivity contribution in [2.75, 3.05) is 0 Å². The fourth-order valence-electron chi connectivity index (χ4n) is 1.21. The normalized spacial score (nSPS) is 12.6. The molecule has 0 radical (unpaired) electrons. The standard InChI is InChI=1S/C9H7BrF3NO2/c10-3-1-4(11)9(13)7(8(3)12)5(14)2-6(15)16/h1,5H,2,14H2,(H,15,16). The van der Waals surface area contributed by atoms with Gasteiger partial charge in [0, 0.05) is 11.6 Å². The van der Waals surface area contributed by atoms with Crippen LogP contribution in [0.15, 0.2) is 10.5 Å². The Morgan fingerprint density at radius 3 is 2.50 bits per heavy atom. The van der Waals surface area contributed by atoms with Crippen molar-refractivity contribution in [2.24, 2.45) is 5.73 Å². The van der Waals surface area contributed by atoms with Crippen LogP contribution in [-0.2, 0) is 4.79 Å². The monoisotopic (exact) mass is 297 g/mol. The number of carboxylic acids is 1. The van der Waals surface area contributed by atoms with Gasteiger partial charge in [0.1, 0.15) is 5.82 Å². The summed E-state index contributed by atoms with van der Waals surface area (Å²) in [4.78, 5) is 10.3. The molecule has 16 heavy (non-hydrogen) atoms. The Labute approximate surface area is 97.2 Å². The summed E-state index contributed by atoms with van der Waals surface area (Å²) in [6, 6.07) is -0.828. The van der Waals surface area contributed by atoms with Gasteiger partial charge in [-0.1, -0.05) is 0 Å². The van der Waals surface area contributed by atoms with Gasteiger partial charge in [-0.25, -0.2) is 13.2 Å². The average Bonchev–Trinajstić information content (AvgIpc) is 2.14. The molecule has 0 fully saturated rings. The predicted molar refractivity (Wildman–Crippen MR) is 53.2 cm³/mol. The van der Waals surface area contributed by atoms with Crippen molar-refractivity contribution in [3.63, 3.8) is 0 Å². The summed E-state index contributed by atoms with van der Waals surface area (Å²) in [5.41, 5.74) is 4.52. The summed E-state index contributed by atoms with van der Waals surface area (Å²) >= 11 is 2.68. The zero-order valence-corrected chi connectivity index (χ0v) is 9.39. The first-order valence-electron chi connectivity index (χ1n) is 4.14. The van der Waals surface area contributed by atoms with Gasteiger partial charge in [-0.3, -0.25) is 4.79 Å². The molecule has 0 heterocycles.